The summed E-state index contributed by atoms with van der Waals surface area (Å²) in [6.45, 7) is 4.08. The minimum Gasteiger partial charge on any atom is -0.493 e. The molecule has 0 radical (unpaired) electrons. The monoisotopic (exact) mass is 258 g/mol. The molecule has 0 unspecified atom stereocenters. The number of hydrogen-bond donors (Lipinski definition) is 0. The summed E-state index contributed by atoms with van der Waals surface area (Å²) < 4.78 is 19.2. The highest BCUT2D eigenvalue weighted by Crippen LogP contribution is 2.23. The molecule has 2 aromatic carbocycles. The van der Waals surface area contributed by atoms with Crippen LogP contribution in [0, 0.1) is 12.7 Å². The first-order valence-corrected chi connectivity index (χ1v) is 6.16. The maximum Gasteiger partial charge on any atom is 0.199 e. The van der Waals surface area contributed by atoms with E-state index < -0.39 is 5.82 Å². The Morgan fingerprint density at radius 2 is 1.89 bits per heavy atom. The minimum atomic E-state index is -0.503. The Morgan fingerprint density at radius 1 is 1.16 bits per heavy atom. The highest BCUT2D eigenvalue weighted by molar-refractivity contribution is 6.10. The van der Waals surface area contributed by atoms with Crippen LogP contribution in [0.15, 0.2) is 42.5 Å². The van der Waals surface area contributed by atoms with Gasteiger partial charge < -0.3 is 4.74 Å². The average Bonchev–Trinajstić information content (AvgIpc) is 2.39. The van der Waals surface area contributed by atoms with E-state index in [2.05, 4.69) is 0 Å². The van der Waals surface area contributed by atoms with Crippen molar-refractivity contribution in [2.45, 2.75) is 13.8 Å². The van der Waals surface area contributed by atoms with Crippen molar-refractivity contribution < 1.29 is 13.9 Å². The molecular weight excluding hydrogens is 243 g/mol. The molecule has 0 aliphatic heterocycles. The number of rotatable bonds is 4. The van der Waals surface area contributed by atoms with E-state index in [0.29, 0.717) is 17.9 Å². The average molecular weight is 258 g/mol. The molecule has 0 saturated heterocycles. The van der Waals surface area contributed by atoms with Gasteiger partial charge in [-0.15, -0.1) is 0 Å². The van der Waals surface area contributed by atoms with E-state index in [4.69, 9.17) is 4.74 Å². The molecule has 0 aliphatic carbocycles. The Kier molecular flexibility index (Phi) is 3.95. The quantitative estimate of drug-likeness (QED) is 0.780. The zero-order chi connectivity index (χ0) is 13.8. The predicted octanol–water partition coefficient (Wildman–Crippen LogP) is 3.76. The van der Waals surface area contributed by atoms with Crippen LogP contribution in [0.1, 0.15) is 28.4 Å². The van der Waals surface area contributed by atoms with Crippen molar-refractivity contribution >= 4 is 5.78 Å². The van der Waals surface area contributed by atoms with Gasteiger partial charge in [-0.05, 0) is 43.7 Å². The number of halogens is 1. The lowest BCUT2D eigenvalue weighted by molar-refractivity contribution is 0.103. The molecule has 0 spiro atoms. The van der Waals surface area contributed by atoms with E-state index >= 15 is 0 Å². The van der Waals surface area contributed by atoms with Crippen molar-refractivity contribution in [1.29, 1.82) is 0 Å². The van der Waals surface area contributed by atoms with Gasteiger partial charge in [0.2, 0.25) is 0 Å². The maximum atomic E-state index is 13.8. The molecule has 98 valence electrons. The fraction of sp³-hybridized carbons (Fsp3) is 0.188. The zero-order valence-electron chi connectivity index (χ0n) is 10.9. The highest BCUT2D eigenvalue weighted by atomic mass is 19.1. The van der Waals surface area contributed by atoms with Crippen LogP contribution < -0.4 is 4.74 Å². The Bertz CT molecular complexity index is 605. The first kappa shape index (κ1) is 13.3. The van der Waals surface area contributed by atoms with Gasteiger partial charge in [-0.1, -0.05) is 18.2 Å². The Labute approximate surface area is 111 Å². The minimum absolute atomic E-state index is 0.0674. The van der Waals surface area contributed by atoms with E-state index in [-0.39, 0.29) is 11.3 Å². The lowest BCUT2D eigenvalue weighted by Gasteiger charge is -2.09. The fourth-order valence-corrected chi connectivity index (χ4v) is 1.88. The van der Waals surface area contributed by atoms with Crippen LogP contribution in [0.4, 0.5) is 4.39 Å². The van der Waals surface area contributed by atoms with Crippen LogP contribution in [0.2, 0.25) is 0 Å². The normalized spacial score (nSPS) is 10.3. The lowest BCUT2D eigenvalue weighted by Crippen LogP contribution is -2.07. The summed E-state index contributed by atoms with van der Waals surface area (Å²) in [5.74, 6) is -0.382. The number of ether oxygens (including phenoxy) is 1. The number of ketones is 1. The van der Waals surface area contributed by atoms with E-state index in [1.165, 1.54) is 12.1 Å². The maximum absolute atomic E-state index is 13.8. The summed E-state index contributed by atoms with van der Waals surface area (Å²) in [5, 5.41) is 0. The Balaban J connectivity index is 2.44. The van der Waals surface area contributed by atoms with Crippen LogP contribution in [0.3, 0.4) is 0 Å². The molecule has 0 atom stereocenters. The molecule has 0 N–H and O–H groups in total. The number of hydrogen-bond acceptors (Lipinski definition) is 2. The van der Waals surface area contributed by atoms with Gasteiger partial charge in [-0.3, -0.25) is 4.79 Å². The largest absolute Gasteiger partial charge is 0.493 e. The molecule has 0 fully saturated rings. The number of carbonyl (C=O) groups is 1. The first-order valence-electron chi connectivity index (χ1n) is 6.16. The van der Waals surface area contributed by atoms with E-state index in [0.717, 1.165) is 5.56 Å². The van der Waals surface area contributed by atoms with Gasteiger partial charge in [0, 0.05) is 0 Å². The van der Waals surface area contributed by atoms with Crippen molar-refractivity contribution in [3.63, 3.8) is 0 Å². The molecule has 19 heavy (non-hydrogen) atoms. The van der Waals surface area contributed by atoms with Gasteiger partial charge in [-0.2, -0.15) is 0 Å². The molecule has 0 aromatic heterocycles. The van der Waals surface area contributed by atoms with Crippen molar-refractivity contribution in [2.24, 2.45) is 0 Å². The van der Waals surface area contributed by atoms with Crippen LogP contribution >= 0.6 is 0 Å². The smallest absolute Gasteiger partial charge is 0.199 e. The number of aryl methyl sites for hydroxylation is 1. The van der Waals surface area contributed by atoms with E-state index in [9.17, 15) is 9.18 Å². The Hall–Kier alpha value is -2.16. The molecule has 0 amide bonds. The first-order chi connectivity index (χ1) is 9.13. The van der Waals surface area contributed by atoms with Crippen LogP contribution in [-0.4, -0.2) is 12.4 Å². The van der Waals surface area contributed by atoms with Gasteiger partial charge in [0.25, 0.3) is 0 Å². The molecule has 0 saturated carbocycles. The molecular formula is C16H15FO2. The van der Waals surface area contributed by atoms with Crippen molar-refractivity contribution in [2.75, 3.05) is 6.61 Å². The second-order valence-corrected chi connectivity index (χ2v) is 4.24. The molecule has 0 aliphatic rings. The van der Waals surface area contributed by atoms with Crippen molar-refractivity contribution in [3.05, 3.63) is 65.0 Å². The van der Waals surface area contributed by atoms with E-state index in [1.54, 1.807) is 37.3 Å². The number of benzene rings is 2. The van der Waals surface area contributed by atoms with Crippen LogP contribution in [0.25, 0.3) is 0 Å². The van der Waals surface area contributed by atoms with Crippen LogP contribution in [0.5, 0.6) is 5.75 Å². The SMILES string of the molecule is CCOc1ccccc1C(=O)c1ccc(C)cc1F. The van der Waals surface area contributed by atoms with Gasteiger partial charge in [0.1, 0.15) is 11.6 Å². The Morgan fingerprint density at radius 3 is 2.58 bits per heavy atom. The topological polar surface area (TPSA) is 26.3 Å². The summed E-state index contributed by atoms with van der Waals surface area (Å²) in [6.07, 6.45) is 0. The van der Waals surface area contributed by atoms with E-state index in [1.807, 2.05) is 6.92 Å². The summed E-state index contributed by atoms with van der Waals surface area (Å²) in [7, 11) is 0. The molecule has 2 aromatic rings. The van der Waals surface area contributed by atoms with Crippen molar-refractivity contribution in [1.82, 2.24) is 0 Å². The summed E-state index contributed by atoms with van der Waals surface area (Å²) >= 11 is 0. The summed E-state index contributed by atoms with van der Waals surface area (Å²) in [5.41, 5.74) is 1.23. The van der Waals surface area contributed by atoms with Gasteiger partial charge in [0.15, 0.2) is 5.78 Å². The third-order valence-corrected chi connectivity index (χ3v) is 2.80. The third kappa shape index (κ3) is 2.81. The molecule has 0 bridgehead atoms. The number of para-hydroxylation sites is 1. The molecule has 3 heteroatoms. The summed E-state index contributed by atoms with van der Waals surface area (Å²) in [4.78, 5) is 12.4. The second kappa shape index (κ2) is 5.65. The van der Waals surface area contributed by atoms with Crippen molar-refractivity contribution in [3.8, 4) is 5.75 Å². The molecule has 2 rings (SSSR count). The predicted molar refractivity (Wildman–Crippen MR) is 72.2 cm³/mol. The van der Waals surface area contributed by atoms with Gasteiger partial charge in [-0.25, -0.2) is 4.39 Å². The third-order valence-electron chi connectivity index (χ3n) is 2.80. The van der Waals surface area contributed by atoms with Gasteiger partial charge in [0.05, 0.1) is 17.7 Å². The lowest BCUT2D eigenvalue weighted by atomic mass is 10.0. The number of carbonyl (C=O) groups excluding carboxylic acids is 1. The summed E-state index contributed by atoms with van der Waals surface area (Å²) in [6, 6.07) is 11.5. The zero-order valence-corrected chi connectivity index (χ0v) is 10.9. The highest BCUT2D eigenvalue weighted by Gasteiger charge is 2.17. The fourth-order valence-electron chi connectivity index (χ4n) is 1.88. The molecule has 2 nitrogen and oxygen atoms in total. The molecule has 0 heterocycles. The standard InChI is InChI=1S/C16H15FO2/c1-3-19-15-7-5-4-6-13(15)16(18)12-9-8-11(2)10-14(12)17/h4-10H,3H2,1-2H3. The van der Waals surface area contributed by atoms with Crippen LogP contribution in [-0.2, 0) is 0 Å². The second-order valence-electron chi connectivity index (χ2n) is 4.24. The van der Waals surface area contributed by atoms with Gasteiger partial charge >= 0.3 is 0 Å².